The zero-order valence-electron chi connectivity index (χ0n) is 16.3. The first-order chi connectivity index (χ1) is 14.5. The first-order valence-electron chi connectivity index (χ1n) is 9.09. The number of para-hydroxylation sites is 1. The van der Waals surface area contributed by atoms with Gasteiger partial charge in [0.25, 0.3) is 11.8 Å². The van der Waals surface area contributed by atoms with E-state index < -0.39 is 11.3 Å². The molecule has 0 aliphatic carbocycles. The Bertz CT molecular complexity index is 1040. The number of carbonyl (C=O) groups excluding carboxylic acids is 2. The van der Waals surface area contributed by atoms with Crippen molar-refractivity contribution in [1.29, 1.82) is 0 Å². The third kappa shape index (κ3) is 6.45. The van der Waals surface area contributed by atoms with E-state index in [1.807, 2.05) is 18.2 Å². The molecule has 3 rings (SSSR count). The van der Waals surface area contributed by atoms with Gasteiger partial charge >= 0.3 is 11.3 Å². The van der Waals surface area contributed by atoms with Gasteiger partial charge in [-0.05, 0) is 24.3 Å². The van der Waals surface area contributed by atoms with Gasteiger partial charge in [0, 0.05) is 24.5 Å². The predicted octanol–water partition coefficient (Wildman–Crippen LogP) is 1.23. The maximum atomic E-state index is 12.3. The lowest BCUT2D eigenvalue weighted by molar-refractivity contribution is -0.683. The number of amides is 2. The Morgan fingerprint density at radius 2 is 1.83 bits per heavy atom. The maximum Gasteiger partial charge on any atom is 0.316 e. The molecular weight excluding hydrogens is 406 g/mol. The van der Waals surface area contributed by atoms with Crippen LogP contribution in [0, 0.1) is 0 Å². The third-order valence-corrected chi connectivity index (χ3v) is 4.69. The van der Waals surface area contributed by atoms with E-state index in [1.165, 1.54) is 0 Å². The molecule has 1 atom stereocenters. The van der Waals surface area contributed by atoms with Crippen LogP contribution in [0.2, 0.25) is 0 Å². The van der Waals surface area contributed by atoms with Crippen LogP contribution in [0.5, 0.6) is 5.75 Å². The summed E-state index contributed by atoms with van der Waals surface area (Å²) in [5, 5.41) is 5.31. The van der Waals surface area contributed by atoms with Gasteiger partial charge in [0.05, 0.1) is 0 Å². The first kappa shape index (κ1) is 21.1. The minimum Gasteiger partial charge on any atom is -0.385 e. The van der Waals surface area contributed by atoms with Crippen LogP contribution in [-0.4, -0.2) is 27.6 Å². The first-order valence-corrected chi connectivity index (χ1v) is 10.2. The average Bonchev–Trinajstić information content (AvgIpc) is 3.15. The van der Waals surface area contributed by atoms with Crippen molar-refractivity contribution >= 4 is 34.5 Å². The molecule has 0 spiro atoms. The van der Waals surface area contributed by atoms with Crippen LogP contribution in [0.3, 0.4) is 0 Å². The summed E-state index contributed by atoms with van der Waals surface area (Å²) in [7, 11) is 1.57. The van der Waals surface area contributed by atoms with E-state index in [2.05, 4.69) is 15.4 Å². The Morgan fingerprint density at radius 3 is 2.60 bits per heavy atom. The molecule has 1 aromatic heterocycles. The quantitative estimate of drug-likeness (QED) is 0.446. The lowest BCUT2D eigenvalue weighted by Gasteiger charge is -2.09. The molecule has 156 valence electrons. The van der Waals surface area contributed by atoms with Crippen molar-refractivity contribution in [2.75, 3.05) is 17.1 Å². The summed E-state index contributed by atoms with van der Waals surface area (Å²) in [5.74, 6) is -0.0320. The van der Waals surface area contributed by atoms with Gasteiger partial charge in [-0.15, -0.1) is 0 Å². The second kappa shape index (κ2) is 10.2. The summed E-state index contributed by atoms with van der Waals surface area (Å²) in [5.41, 5.74) is 1.18. The van der Waals surface area contributed by atoms with Gasteiger partial charge in [0.15, 0.2) is 13.1 Å². The summed E-state index contributed by atoms with van der Waals surface area (Å²) < 4.78 is 23.6. The standard InChI is InChI=1S/C20H21N5O4S/c1-21-19(26)13-24-10-11-25(15-24)14-20(27)22-17-8-5-9-18(12-17)29-30(28)23-16-6-3-2-4-7-16/h2-12,15,23H,13-14H2,1H3,(H-,21,22,26,27)/p+1. The Hall–Kier alpha value is -3.66. The van der Waals surface area contributed by atoms with Gasteiger partial charge in [-0.1, -0.05) is 24.3 Å². The number of hydrogen-bond donors (Lipinski definition) is 3. The number of likely N-dealkylation sites (N-methyl/N-ethyl adjacent to an activating group) is 1. The van der Waals surface area contributed by atoms with Crippen molar-refractivity contribution in [3.05, 3.63) is 73.3 Å². The smallest absolute Gasteiger partial charge is 0.316 e. The minimum absolute atomic E-state index is 0.0767. The molecular formula is C20H22N5O4S+. The molecule has 0 aliphatic rings. The molecule has 1 unspecified atom stereocenters. The van der Waals surface area contributed by atoms with Crippen molar-refractivity contribution in [3.8, 4) is 5.75 Å². The molecule has 9 nitrogen and oxygen atoms in total. The van der Waals surface area contributed by atoms with E-state index in [1.54, 1.807) is 71.3 Å². The normalized spacial score (nSPS) is 11.4. The minimum atomic E-state index is -1.78. The van der Waals surface area contributed by atoms with Crippen molar-refractivity contribution in [2.24, 2.45) is 0 Å². The van der Waals surface area contributed by atoms with Crippen LogP contribution in [0.15, 0.2) is 73.3 Å². The number of anilines is 2. The molecule has 0 radical (unpaired) electrons. The Morgan fingerprint density at radius 1 is 1.07 bits per heavy atom. The second-order valence-corrected chi connectivity index (χ2v) is 7.13. The summed E-state index contributed by atoms with van der Waals surface area (Å²) >= 11 is -1.78. The molecule has 10 heteroatoms. The maximum absolute atomic E-state index is 12.3. The van der Waals surface area contributed by atoms with Gasteiger partial charge in [-0.25, -0.2) is 9.13 Å². The molecule has 2 aromatic carbocycles. The molecule has 0 fully saturated rings. The van der Waals surface area contributed by atoms with Crippen LogP contribution in [-0.2, 0) is 33.9 Å². The fourth-order valence-electron chi connectivity index (χ4n) is 2.57. The van der Waals surface area contributed by atoms with E-state index >= 15 is 0 Å². The van der Waals surface area contributed by atoms with E-state index in [0.717, 1.165) is 0 Å². The van der Waals surface area contributed by atoms with Gasteiger partial charge in [0.1, 0.15) is 18.1 Å². The SMILES string of the molecule is CNC(=O)Cn1cc[n+](CC(=O)Nc2cccc(OS(=O)Nc3ccccc3)c2)c1. The summed E-state index contributed by atoms with van der Waals surface area (Å²) in [4.78, 5) is 23.7. The van der Waals surface area contributed by atoms with Crippen molar-refractivity contribution in [1.82, 2.24) is 9.88 Å². The predicted molar refractivity (Wildman–Crippen MR) is 113 cm³/mol. The summed E-state index contributed by atoms with van der Waals surface area (Å²) in [6, 6.07) is 15.7. The highest BCUT2D eigenvalue weighted by atomic mass is 32.2. The number of rotatable bonds is 9. The van der Waals surface area contributed by atoms with Crippen molar-refractivity contribution in [3.63, 3.8) is 0 Å². The van der Waals surface area contributed by atoms with Crippen LogP contribution >= 0.6 is 0 Å². The van der Waals surface area contributed by atoms with Gasteiger partial charge in [-0.3, -0.25) is 14.3 Å². The van der Waals surface area contributed by atoms with Crippen LogP contribution in [0.25, 0.3) is 0 Å². The molecule has 3 N–H and O–H groups in total. The van der Waals surface area contributed by atoms with E-state index in [9.17, 15) is 13.8 Å². The number of hydrogen-bond acceptors (Lipinski definition) is 4. The third-order valence-electron chi connectivity index (χ3n) is 3.94. The number of benzene rings is 2. The molecule has 2 amide bonds. The van der Waals surface area contributed by atoms with E-state index in [-0.39, 0.29) is 24.9 Å². The Kier molecular flexibility index (Phi) is 7.17. The number of imidazole rings is 1. The molecule has 0 aliphatic heterocycles. The average molecular weight is 428 g/mol. The number of nitrogens with zero attached hydrogens (tertiary/aromatic N) is 2. The highest BCUT2D eigenvalue weighted by Crippen LogP contribution is 2.19. The fraction of sp³-hybridized carbons (Fsp3) is 0.150. The number of nitrogens with one attached hydrogen (secondary N) is 3. The van der Waals surface area contributed by atoms with Gasteiger partial charge < -0.3 is 14.8 Å². The van der Waals surface area contributed by atoms with E-state index in [4.69, 9.17) is 4.18 Å². The lowest BCUT2D eigenvalue weighted by atomic mass is 10.3. The zero-order valence-corrected chi connectivity index (χ0v) is 17.1. The van der Waals surface area contributed by atoms with Crippen molar-refractivity contribution < 1.29 is 22.5 Å². The molecule has 0 bridgehead atoms. The fourth-order valence-corrected chi connectivity index (χ4v) is 3.22. The van der Waals surface area contributed by atoms with E-state index in [0.29, 0.717) is 17.1 Å². The van der Waals surface area contributed by atoms with Crippen LogP contribution < -0.4 is 24.1 Å². The zero-order chi connectivity index (χ0) is 21.3. The summed E-state index contributed by atoms with van der Waals surface area (Å²) in [6.07, 6.45) is 5.10. The highest BCUT2D eigenvalue weighted by Gasteiger charge is 2.12. The van der Waals surface area contributed by atoms with Crippen LogP contribution in [0.4, 0.5) is 11.4 Å². The van der Waals surface area contributed by atoms with Crippen LogP contribution in [0.1, 0.15) is 0 Å². The topological polar surface area (TPSA) is 105 Å². The second-order valence-electron chi connectivity index (χ2n) is 6.29. The number of aromatic nitrogens is 2. The number of carbonyl (C=O) groups is 2. The molecule has 3 aromatic rings. The lowest BCUT2D eigenvalue weighted by Crippen LogP contribution is -2.38. The van der Waals surface area contributed by atoms with Gasteiger partial charge in [0.2, 0.25) is 6.33 Å². The van der Waals surface area contributed by atoms with Crippen molar-refractivity contribution in [2.45, 2.75) is 13.1 Å². The molecule has 30 heavy (non-hydrogen) atoms. The monoisotopic (exact) mass is 428 g/mol. The molecule has 1 heterocycles. The Balaban J connectivity index is 1.53. The summed E-state index contributed by atoms with van der Waals surface area (Å²) in [6.45, 7) is 0.256. The highest BCUT2D eigenvalue weighted by molar-refractivity contribution is 7.81. The molecule has 0 saturated heterocycles. The largest absolute Gasteiger partial charge is 0.385 e. The van der Waals surface area contributed by atoms with Gasteiger partial charge in [-0.2, -0.15) is 4.21 Å². The Labute approximate surface area is 176 Å². The molecule has 0 saturated carbocycles.